The zero-order chi connectivity index (χ0) is 13.1. The number of hydrogen-bond acceptors (Lipinski definition) is 2. The summed E-state index contributed by atoms with van der Waals surface area (Å²) in [4.78, 5) is 13.9. The maximum absolute atomic E-state index is 12.1. The lowest BCUT2D eigenvalue weighted by molar-refractivity contribution is -0.114. The summed E-state index contributed by atoms with van der Waals surface area (Å²) in [6.45, 7) is 4.86. The molecule has 1 amide bonds. The van der Waals surface area contributed by atoms with Gasteiger partial charge in [-0.3, -0.25) is 4.79 Å². The van der Waals surface area contributed by atoms with Gasteiger partial charge in [0, 0.05) is 24.4 Å². The summed E-state index contributed by atoms with van der Waals surface area (Å²) in [5, 5.41) is 0. The van der Waals surface area contributed by atoms with Crippen molar-refractivity contribution in [2.75, 3.05) is 11.4 Å². The summed E-state index contributed by atoms with van der Waals surface area (Å²) in [5.74, 6) is 0.371. The van der Waals surface area contributed by atoms with Crippen molar-refractivity contribution >= 4 is 11.6 Å². The Labute approximate surface area is 108 Å². The zero-order valence-corrected chi connectivity index (χ0v) is 11.0. The van der Waals surface area contributed by atoms with E-state index in [9.17, 15) is 4.79 Å². The molecular formula is C15H20N2O. The molecule has 0 aromatic heterocycles. The standard InChI is InChI=1S/C15H20N2O/c1-11(2)13(16)7-8-15(18)17-10-9-12-5-3-4-6-14(12)17/h3-8,11,13H,9-10,16H2,1-2H3/b8-7+/t13-/m1/s1. The highest BCUT2D eigenvalue weighted by molar-refractivity contribution is 6.02. The van der Waals surface area contributed by atoms with Gasteiger partial charge in [0.15, 0.2) is 0 Å². The molecule has 0 unspecified atom stereocenters. The third-order valence-electron chi connectivity index (χ3n) is 3.38. The Morgan fingerprint density at radius 1 is 1.39 bits per heavy atom. The number of anilines is 1. The van der Waals surface area contributed by atoms with Crippen LogP contribution in [0.5, 0.6) is 0 Å². The first-order valence-electron chi connectivity index (χ1n) is 6.43. The lowest BCUT2D eigenvalue weighted by Crippen LogP contribution is -2.29. The maximum Gasteiger partial charge on any atom is 0.250 e. The van der Waals surface area contributed by atoms with Crippen LogP contribution >= 0.6 is 0 Å². The van der Waals surface area contributed by atoms with E-state index in [4.69, 9.17) is 5.73 Å². The molecular weight excluding hydrogens is 224 g/mol. The highest BCUT2D eigenvalue weighted by Gasteiger charge is 2.22. The normalized spacial score (nSPS) is 16.3. The zero-order valence-electron chi connectivity index (χ0n) is 11.0. The number of para-hydroxylation sites is 1. The number of nitrogens with two attached hydrogens (primary N) is 1. The van der Waals surface area contributed by atoms with Crippen molar-refractivity contribution in [1.82, 2.24) is 0 Å². The molecule has 1 aliphatic heterocycles. The van der Waals surface area contributed by atoms with Crippen LogP contribution in [0, 0.1) is 5.92 Å². The van der Waals surface area contributed by atoms with E-state index in [1.165, 1.54) is 5.56 Å². The van der Waals surface area contributed by atoms with Crippen LogP contribution in [0.15, 0.2) is 36.4 Å². The molecule has 1 aromatic carbocycles. The summed E-state index contributed by atoms with van der Waals surface area (Å²) >= 11 is 0. The Balaban J connectivity index is 2.08. The second-order valence-electron chi connectivity index (χ2n) is 5.05. The fourth-order valence-electron chi connectivity index (χ4n) is 2.07. The molecule has 2 N–H and O–H groups in total. The number of hydrogen-bond donors (Lipinski definition) is 1. The van der Waals surface area contributed by atoms with E-state index in [0.717, 1.165) is 18.7 Å². The van der Waals surface area contributed by atoms with Gasteiger partial charge in [-0.1, -0.05) is 38.1 Å². The Kier molecular flexibility index (Phi) is 3.82. The minimum absolute atomic E-state index is 0.0241. The van der Waals surface area contributed by atoms with Gasteiger partial charge in [0.1, 0.15) is 0 Å². The molecule has 0 saturated carbocycles. The molecule has 0 aliphatic carbocycles. The Morgan fingerprint density at radius 3 is 2.83 bits per heavy atom. The molecule has 96 valence electrons. The van der Waals surface area contributed by atoms with E-state index >= 15 is 0 Å². The number of carbonyl (C=O) groups excluding carboxylic acids is 1. The van der Waals surface area contributed by atoms with Crippen LogP contribution in [-0.4, -0.2) is 18.5 Å². The van der Waals surface area contributed by atoms with Gasteiger partial charge in [-0.05, 0) is 24.0 Å². The first kappa shape index (κ1) is 12.8. The highest BCUT2D eigenvalue weighted by atomic mass is 16.2. The fourth-order valence-corrected chi connectivity index (χ4v) is 2.07. The van der Waals surface area contributed by atoms with Crippen LogP contribution in [-0.2, 0) is 11.2 Å². The van der Waals surface area contributed by atoms with Gasteiger partial charge in [0.2, 0.25) is 0 Å². The summed E-state index contributed by atoms with van der Waals surface area (Å²) in [6.07, 6.45) is 4.34. The van der Waals surface area contributed by atoms with Crippen molar-refractivity contribution in [2.24, 2.45) is 11.7 Å². The van der Waals surface area contributed by atoms with Gasteiger partial charge in [0.05, 0.1) is 0 Å². The molecule has 0 saturated heterocycles. The molecule has 1 atom stereocenters. The van der Waals surface area contributed by atoms with E-state index in [1.807, 2.05) is 36.9 Å². The maximum atomic E-state index is 12.1. The van der Waals surface area contributed by atoms with Gasteiger partial charge in [-0.25, -0.2) is 0 Å². The summed E-state index contributed by atoms with van der Waals surface area (Å²) in [6, 6.07) is 7.99. The van der Waals surface area contributed by atoms with E-state index < -0.39 is 0 Å². The fraction of sp³-hybridized carbons (Fsp3) is 0.400. The largest absolute Gasteiger partial charge is 0.324 e. The van der Waals surface area contributed by atoms with Crippen molar-refractivity contribution < 1.29 is 4.79 Å². The van der Waals surface area contributed by atoms with E-state index in [-0.39, 0.29) is 11.9 Å². The molecule has 0 fully saturated rings. The van der Waals surface area contributed by atoms with Crippen molar-refractivity contribution in [3.05, 3.63) is 42.0 Å². The van der Waals surface area contributed by atoms with Crippen molar-refractivity contribution in [3.63, 3.8) is 0 Å². The molecule has 1 heterocycles. The van der Waals surface area contributed by atoms with E-state index in [2.05, 4.69) is 6.07 Å². The molecule has 3 nitrogen and oxygen atoms in total. The number of fused-ring (bicyclic) bond motifs is 1. The number of carbonyl (C=O) groups is 1. The average molecular weight is 244 g/mol. The van der Waals surface area contributed by atoms with Crippen LogP contribution in [0.25, 0.3) is 0 Å². The lowest BCUT2D eigenvalue weighted by atomic mass is 10.1. The molecule has 0 spiro atoms. The third-order valence-corrected chi connectivity index (χ3v) is 3.38. The van der Waals surface area contributed by atoms with Gasteiger partial charge < -0.3 is 10.6 Å². The smallest absolute Gasteiger partial charge is 0.250 e. The topological polar surface area (TPSA) is 46.3 Å². The Bertz CT molecular complexity index is 465. The number of rotatable bonds is 3. The minimum Gasteiger partial charge on any atom is -0.324 e. The molecule has 18 heavy (non-hydrogen) atoms. The molecule has 3 heteroatoms. The first-order chi connectivity index (χ1) is 8.59. The van der Waals surface area contributed by atoms with Gasteiger partial charge in [-0.15, -0.1) is 0 Å². The Hall–Kier alpha value is -1.61. The molecule has 0 bridgehead atoms. The van der Waals surface area contributed by atoms with Crippen LogP contribution in [0.1, 0.15) is 19.4 Å². The SMILES string of the molecule is CC(C)[C@H](N)/C=C/C(=O)N1CCc2ccccc21. The quantitative estimate of drug-likeness (QED) is 0.828. The lowest BCUT2D eigenvalue weighted by Gasteiger charge is -2.16. The number of amides is 1. The van der Waals surface area contributed by atoms with Crippen LogP contribution < -0.4 is 10.6 Å². The van der Waals surface area contributed by atoms with Gasteiger partial charge in [-0.2, -0.15) is 0 Å². The number of benzene rings is 1. The molecule has 2 rings (SSSR count). The van der Waals surface area contributed by atoms with Crippen LogP contribution in [0.3, 0.4) is 0 Å². The predicted molar refractivity (Wildman–Crippen MR) is 74.5 cm³/mol. The second-order valence-corrected chi connectivity index (χ2v) is 5.05. The van der Waals surface area contributed by atoms with E-state index in [0.29, 0.717) is 5.92 Å². The third kappa shape index (κ3) is 2.62. The highest BCUT2D eigenvalue weighted by Crippen LogP contribution is 2.27. The molecule has 1 aromatic rings. The van der Waals surface area contributed by atoms with E-state index in [1.54, 1.807) is 12.2 Å². The summed E-state index contributed by atoms with van der Waals surface area (Å²) in [7, 11) is 0. The monoisotopic (exact) mass is 244 g/mol. The van der Waals surface area contributed by atoms with Crippen molar-refractivity contribution in [1.29, 1.82) is 0 Å². The Morgan fingerprint density at radius 2 is 2.11 bits per heavy atom. The van der Waals surface area contributed by atoms with Gasteiger partial charge >= 0.3 is 0 Å². The number of nitrogens with zero attached hydrogens (tertiary/aromatic N) is 1. The summed E-state index contributed by atoms with van der Waals surface area (Å²) < 4.78 is 0. The first-order valence-corrected chi connectivity index (χ1v) is 6.43. The molecule has 1 aliphatic rings. The second kappa shape index (κ2) is 5.36. The predicted octanol–water partition coefficient (Wildman–Crippen LogP) is 2.12. The average Bonchev–Trinajstić information content (AvgIpc) is 2.79. The van der Waals surface area contributed by atoms with Crippen LogP contribution in [0.2, 0.25) is 0 Å². The minimum atomic E-state index is -0.0632. The summed E-state index contributed by atoms with van der Waals surface area (Å²) in [5.41, 5.74) is 8.18. The van der Waals surface area contributed by atoms with Gasteiger partial charge in [0.25, 0.3) is 5.91 Å². The molecule has 0 radical (unpaired) electrons. The van der Waals surface area contributed by atoms with Crippen molar-refractivity contribution in [3.8, 4) is 0 Å². The van der Waals surface area contributed by atoms with Crippen LogP contribution in [0.4, 0.5) is 5.69 Å². The van der Waals surface area contributed by atoms with Crippen molar-refractivity contribution in [2.45, 2.75) is 26.3 Å².